The Hall–Kier alpha value is -3.46. The first-order valence-corrected chi connectivity index (χ1v) is 12.1. The summed E-state index contributed by atoms with van der Waals surface area (Å²) in [6.07, 6.45) is 0. The van der Waals surface area contributed by atoms with Crippen LogP contribution in [0.4, 0.5) is 22.7 Å². The summed E-state index contributed by atoms with van der Waals surface area (Å²) in [4.78, 5) is 0. The van der Waals surface area contributed by atoms with Gasteiger partial charge in [-0.25, -0.2) is 0 Å². The van der Waals surface area contributed by atoms with Gasteiger partial charge in [0.15, 0.2) is 0 Å². The molecule has 3 heteroatoms. The minimum absolute atomic E-state index is 0. The summed E-state index contributed by atoms with van der Waals surface area (Å²) in [7, 11) is 0. The Labute approximate surface area is 210 Å². The van der Waals surface area contributed by atoms with E-state index in [-0.39, 0.29) is 7.43 Å². The molecule has 0 aromatic heterocycles. The molecule has 0 fully saturated rings. The van der Waals surface area contributed by atoms with Crippen molar-refractivity contribution in [3.63, 3.8) is 0 Å². The van der Waals surface area contributed by atoms with Crippen LogP contribution in [0.15, 0.2) is 97.1 Å². The third kappa shape index (κ3) is 13.8. The minimum Gasteiger partial charge on any atom is -0.399 e. The van der Waals surface area contributed by atoms with Crippen molar-refractivity contribution in [3.05, 3.63) is 97.1 Å². The Morgan fingerprint density at radius 2 is 0.912 bits per heavy atom. The van der Waals surface area contributed by atoms with Crippen LogP contribution in [0, 0.1) is 0 Å². The second-order valence-corrected chi connectivity index (χ2v) is 5.68. The van der Waals surface area contributed by atoms with E-state index in [0.717, 1.165) is 28.1 Å². The normalized spacial score (nSPS) is 8.00. The minimum atomic E-state index is 0. The van der Waals surface area contributed by atoms with Gasteiger partial charge in [0, 0.05) is 28.1 Å². The molecule has 188 valence electrons. The van der Waals surface area contributed by atoms with Crippen LogP contribution in [-0.4, -0.2) is 0 Å². The van der Waals surface area contributed by atoms with Crippen LogP contribution in [0.1, 0.15) is 62.8 Å². The van der Waals surface area contributed by atoms with E-state index in [4.69, 9.17) is 11.5 Å². The second-order valence-electron chi connectivity index (χ2n) is 5.68. The summed E-state index contributed by atoms with van der Waals surface area (Å²) in [6, 6.07) is 31.8. The number of hydrogen-bond acceptors (Lipinski definition) is 3. The van der Waals surface area contributed by atoms with Crippen molar-refractivity contribution in [1.29, 1.82) is 0 Å². The topological polar surface area (TPSA) is 64.1 Å². The predicted octanol–water partition coefficient (Wildman–Crippen LogP) is 10.2. The molecule has 0 saturated heterocycles. The van der Waals surface area contributed by atoms with Gasteiger partial charge in [-0.05, 0) is 47.9 Å². The number of nitrogens with two attached hydrogens (primary N) is 2. The molecule has 0 atom stereocenters. The first kappa shape index (κ1) is 35.1. The Bertz CT molecular complexity index is 928. The van der Waals surface area contributed by atoms with Gasteiger partial charge >= 0.3 is 0 Å². The van der Waals surface area contributed by atoms with Crippen molar-refractivity contribution in [1.82, 2.24) is 0 Å². The molecule has 0 amide bonds. The highest BCUT2D eigenvalue weighted by Crippen LogP contribution is 2.19. The number of nitrogens with one attached hydrogen (secondary N) is 1. The molecule has 34 heavy (non-hydrogen) atoms. The van der Waals surface area contributed by atoms with Gasteiger partial charge in [0.05, 0.1) is 0 Å². The molecule has 0 heterocycles. The fourth-order valence-corrected chi connectivity index (χ4v) is 2.51. The number of anilines is 4. The van der Waals surface area contributed by atoms with Gasteiger partial charge in [0.1, 0.15) is 0 Å². The molecule has 4 aromatic carbocycles. The summed E-state index contributed by atoms with van der Waals surface area (Å²) < 4.78 is 0. The molecule has 4 rings (SSSR count). The van der Waals surface area contributed by atoms with Gasteiger partial charge in [-0.2, -0.15) is 0 Å². The number of benzene rings is 4. The van der Waals surface area contributed by atoms with Crippen molar-refractivity contribution in [2.24, 2.45) is 0 Å². The zero-order valence-electron chi connectivity index (χ0n) is 21.9. The van der Waals surface area contributed by atoms with Crippen LogP contribution in [0.25, 0.3) is 10.8 Å². The fraction of sp³-hybridized carbons (Fsp3) is 0.290. The van der Waals surface area contributed by atoms with E-state index < -0.39 is 0 Å². The van der Waals surface area contributed by atoms with Crippen LogP contribution < -0.4 is 16.8 Å². The van der Waals surface area contributed by atoms with Crippen LogP contribution in [0.3, 0.4) is 0 Å². The molecular formula is C31H49N3. The first-order valence-electron chi connectivity index (χ1n) is 12.1. The molecule has 4 aromatic rings. The van der Waals surface area contributed by atoms with Gasteiger partial charge in [-0.1, -0.05) is 117 Å². The lowest BCUT2D eigenvalue weighted by molar-refractivity contribution is 1.50. The highest BCUT2D eigenvalue weighted by Gasteiger charge is 1.93. The quantitative estimate of drug-likeness (QED) is 0.259. The van der Waals surface area contributed by atoms with Crippen LogP contribution in [0.2, 0.25) is 0 Å². The summed E-state index contributed by atoms with van der Waals surface area (Å²) in [5, 5.41) is 5.61. The van der Waals surface area contributed by atoms with Gasteiger partial charge in [0.25, 0.3) is 0 Å². The largest absolute Gasteiger partial charge is 0.399 e. The third-order valence-electron chi connectivity index (χ3n) is 3.80. The number of hydrogen-bond donors (Lipinski definition) is 3. The highest BCUT2D eigenvalue weighted by molar-refractivity contribution is 5.92. The lowest BCUT2D eigenvalue weighted by Gasteiger charge is -2.05. The van der Waals surface area contributed by atoms with Gasteiger partial charge in [-0.15, -0.1) is 0 Å². The Morgan fingerprint density at radius 3 is 1.44 bits per heavy atom. The SMILES string of the molecule is C.CC.CC.CC.CC.Nc1ccc(Nc2ccccc2)cc1.Nc1cccc2ccccc12. The standard InChI is InChI=1S/C12H12N2.C10H9N.4C2H6.CH4/c13-10-6-8-12(9-7-10)14-11-4-2-1-3-5-11;11-10-7-3-5-8-4-1-2-6-9(8)10;4*1-2;/h1-9,14H,13H2;1-7H,11H2;4*1-2H3;1H4. The van der Waals surface area contributed by atoms with E-state index in [1.807, 2.05) is 140 Å². The van der Waals surface area contributed by atoms with Crippen LogP contribution >= 0.6 is 0 Å². The summed E-state index contributed by atoms with van der Waals surface area (Å²) in [6.45, 7) is 16.0. The molecule has 0 aliphatic rings. The number of nitrogen functional groups attached to an aromatic ring is 2. The average molecular weight is 464 g/mol. The molecule has 0 spiro atoms. The predicted molar refractivity (Wildman–Crippen MR) is 161 cm³/mol. The Balaban J connectivity index is -0.000000433. The van der Waals surface area contributed by atoms with E-state index in [2.05, 4.69) is 17.4 Å². The monoisotopic (exact) mass is 463 g/mol. The van der Waals surface area contributed by atoms with Crippen LogP contribution in [0.5, 0.6) is 0 Å². The van der Waals surface area contributed by atoms with Gasteiger partial charge < -0.3 is 16.8 Å². The molecule has 0 unspecified atom stereocenters. The van der Waals surface area contributed by atoms with E-state index >= 15 is 0 Å². The lowest BCUT2D eigenvalue weighted by Crippen LogP contribution is -1.90. The maximum Gasteiger partial charge on any atom is 0.0393 e. The maximum atomic E-state index is 5.76. The van der Waals surface area contributed by atoms with E-state index in [1.165, 1.54) is 5.39 Å². The van der Waals surface area contributed by atoms with Crippen molar-refractivity contribution in [2.75, 3.05) is 16.8 Å². The van der Waals surface area contributed by atoms with Crippen molar-refractivity contribution in [2.45, 2.75) is 62.8 Å². The zero-order chi connectivity index (χ0) is 25.5. The lowest BCUT2D eigenvalue weighted by atomic mass is 10.1. The number of para-hydroxylation sites is 1. The fourth-order valence-electron chi connectivity index (χ4n) is 2.51. The molecule has 3 nitrogen and oxygen atoms in total. The van der Waals surface area contributed by atoms with Crippen molar-refractivity contribution >= 4 is 33.5 Å². The maximum absolute atomic E-state index is 5.76. The number of rotatable bonds is 2. The summed E-state index contributed by atoms with van der Waals surface area (Å²) >= 11 is 0. The van der Waals surface area contributed by atoms with E-state index in [9.17, 15) is 0 Å². The highest BCUT2D eigenvalue weighted by atomic mass is 14.9. The van der Waals surface area contributed by atoms with Crippen molar-refractivity contribution < 1.29 is 0 Å². The first-order chi connectivity index (χ1) is 16.2. The summed E-state index contributed by atoms with van der Waals surface area (Å²) in [5.74, 6) is 0. The molecule has 0 radical (unpaired) electrons. The average Bonchev–Trinajstić information content (AvgIpc) is 2.91. The Morgan fingerprint density at radius 1 is 0.471 bits per heavy atom. The smallest absolute Gasteiger partial charge is 0.0393 e. The molecule has 0 bridgehead atoms. The third-order valence-corrected chi connectivity index (χ3v) is 3.80. The second kappa shape index (κ2) is 24.2. The molecule has 0 saturated carbocycles. The number of fused-ring (bicyclic) bond motifs is 1. The van der Waals surface area contributed by atoms with Crippen molar-refractivity contribution in [3.8, 4) is 0 Å². The van der Waals surface area contributed by atoms with Gasteiger partial charge in [-0.3, -0.25) is 0 Å². The van der Waals surface area contributed by atoms with Gasteiger partial charge in [0.2, 0.25) is 0 Å². The molecule has 0 aliphatic carbocycles. The zero-order valence-corrected chi connectivity index (χ0v) is 21.9. The van der Waals surface area contributed by atoms with E-state index in [0.29, 0.717) is 0 Å². The summed E-state index contributed by atoms with van der Waals surface area (Å²) in [5.41, 5.74) is 15.1. The Kier molecular flexibility index (Phi) is 25.0. The molecule has 5 N–H and O–H groups in total. The van der Waals surface area contributed by atoms with E-state index in [1.54, 1.807) is 0 Å². The van der Waals surface area contributed by atoms with Crippen LogP contribution in [-0.2, 0) is 0 Å². The molecular weight excluding hydrogens is 414 g/mol. The molecule has 0 aliphatic heterocycles.